The van der Waals surface area contributed by atoms with E-state index in [-0.39, 0.29) is 60.2 Å². The summed E-state index contributed by atoms with van der Waals surface area (Å²) in [5.41, 5.74) is 4.30. The van der Waals surface area contributed by atoms with Gasteiger partial charge in [0.15, 0.2) is 5.78 Å². The zero-order valence-corrected chi connectivity index (χ0v) is 52.0. The van der Waals surface area contributed by atoms with Crippen molar-refractivity contribution < 1.29 is 27.7 Å². The monoisotopic (exact) mass is 1130 g/mol. The number of carbonyl (C=O) groups excluding carboxylic acids is 1. The van der Waals surface area contributed by atoms with Crippen LogP contribution in [0.15, 0.2) is 76.0 Å². The lowest BCUT2D eigenvalue weighted by atomic mass is 9.85. The summed E-state index contributed by atoms with van der Waals surface area (Å²) in [5, 5.41) is 24.1. The molecule has 0 amide bonds. The Morgan fingerprint density at radius 2 is 1.30 bits per heavy atom. The number of amidine groups is 1. The van der Waals surface area contributed by atoms with Gasteiger partial charge in [-0.05, 0) is 50.7 Å². The number of rotatable bonds is 1. The van der Waals surface area contributed by atoms with Crippen molar-refractivity contribution >= 4 is 56.0 Å². The van der Waals surface area contributed by atoms with E-state index in [1.807, 2.05) is 144 Å². The summed E-state index contributed by atoms with van der Waals surface area (Å²) in [6, 6.07) is 8.96. The van der Waals surface area contributed by atoms with Crippen LogP contribution in [0.3, 0.4) is 0 Å². The number of aryl methyl sites for hydroxylation is 1. The first-order valence-corrected chi connectivity index (χ1v) is 27.5. The summed E-state index contributed by atoms with van der Waals surface area (Å²) in [6.45, 7) is 46.8. The highest BCUT2D eigenvalue weighted by Crippen LogP contribution is 2.35. The summed E-state index contributed by atoms with van der Waals surface area (Å²) < 4.78 is 33.9. The van der Waals surface area contributed by atoms with Crippen LogP contribution in [0.2, 0.25) is 0 Å². The molecule has 8 rings (SSSR count). The minimum atomic E-state index is -1.52. The second-order valence-corrected chi connectivity index (χ2v) is 28.2. The Kier molecular flexibility index (Phi) is 25.6. The first kappa shape index (κ1) is 69.0. The molecule has 1 unspecified atom stereocenters. The molecule has 0 saturated carbocycles. The smallest absolute Gasteiger partial charge is 0.357 e. The van der Waals surface area contributed by atoms with Crippen molar-refractivity contribution in [2.24, 2.45) is 20.6 Å². The van der Waals surface area contributed by atoms with E-state index in [4.69, 9.17) is 4.74 Å². The Labute approximate surface area is 463 Å². The number of aliphatic hydroxyl groups is 1. The normalized spacial score (nSPS) is 14.6. The van der Waals surface area contributed by atoms with Gasteiger partial charge in [-0.2, -0.15) is 13.8 Å². The molecule has 24 heteroatoms. The first-order valence-electron chi connectivity index (χ1n) is 24.9. The van der Waals surface area contributed by atoms with Gasteiger partial charge in [-0.3, -0.25) is 29.5 Å². The van der Waals surface area contributed by atoms with Crippen molar-refractivity contribution in [3.05, 3.63) is 111 Å². The maximum atomic E-state index is 11.2. The molecule has 1 aromatic carbocycles. The number of ether oxygens (including phenoxy) is 1. The summed E-state index contributed by atoms with van der Waals surface area (Å²) in [5.74, 6) is 3.37. The molecule has 8 N–H and O–H groups in total. The molecule has 1 aliphatic heterocycles. The van der Waals surface area contributed by atoms with Crippen LogP contribution < -0.4 is 32.0 Å². The molecule has 6 aromatic rings. The van der Waals surface area contributed by atoms with Crippen molar-refractivity contribution in [2.75, 3.05) is 0 Å². The van der Waals surface area contributed by atoms with Crippen LogP contribution in [0.1, 0.15) is 188 Å². The average Bonchev–Trinajstić information content (AvgIpc) is 4.10. The third-order valence-electron chi connectivity index (χ3n) is 9.11. The van der Waals surface area contributed by atoms with E-state index in [0.717, 1.165) is 39.3 Å². The number of nitrogens with one attached hydrogen (secondary N) is 7. The Bertz CT molecular complexity index is 2910. The fourth-order valence-corrected chi connectivity index (χ4v) is 7.69. The van der Waals surface area contributed by atoms with Gasteiger partial charge in [0.25, 0.3) is 5.56 Å². The lowest BCUT2D eigenvalue weighted by Crippen LogP contribution is -2.30. The van der Waals surface area contributed by atoms with Gasteiger partial charge in [-0.25, -0.2) is 34.5 Å². The fraction of sp³-hybridized carbons (Fsp3) is 0.604. The van der Waals surface area contributed by atoms with Crippen molar-refractivity contribution in [1.82, 2.24) is 50.4 Å². The van der Waals surface area contributed by atoms with Crippen LogP contribution >= 0.6 is 22.9 Å². The van der Waals surface area contributed by atoms with Crippen molar-refractivity contribution in [3.8, 4) is 5.75 Å². The van der Waals surface area contributed by atoms with E-state index in [9.17, 15) is 33.3 Å². The fourth-order valence-electron chi connectivity index (χ4n) is 5.56. The van der Waals surface area contributed by atoms with E-state index >= 15 is 0 Å². The molecule has 5 aromatic heterocycles. The number of hydrogen-bond donors (Lipinski definition) is 8. The number of allylic oxidation sites excluding steroid dienone is 2. The minimum Gasteiger partial charge on any atom is -0.512 e. The predicted molar refractivity (Wildman–Crippen MR) is 311 cm³/mol. The van der Waals surface area contributed by atoms with E-state index in [2.05, 4.69) is 97.3 Å². The number of aromatic amines is 6. The van der Waals surface area contributed by atoms with Gasteiger partial charge in [-0.15, -0.1) is 15.7 Å². The van der Waals surface area contributed by atoms with E-state index in [1.54, 1.807) is 17.4 Å². The Morgan fingerprint density at radius 3 is 1.57 bits per heavy atom. The van der Waals surface area contributed by atoms with E-state index < -0.39 is 11.3 Å². The Morgan fingerprint density at radius 1 is 0.714 bits per heavy atom. The maximum Gasteiger partial charge on any atom is 0.357 e. The molecule has 0 radical (unpaired) electrons. The number of nitrogens with zero attached hydrogens (tertiary/aromatic N) is 4. The molecule has 0 spiro atoms. The number of aromatic nitrogens is 9. The molecule has 77 heavy (non-hydrogen) atoms. The molecule has 6 heterocycles. The van der Waals surface area contributed by atoms with Crippen LogP contribution in [-0.4, -0.2) is 71.4 Å². The number of aliphatic hydroxyl groups excluding tert-OH is 1. The van der Waals surface area contributed by atoms with Gasteiger partial charge in [0.2, 0.25) is 0 Å². The number of thiazole rings is 1. The zero-order valence-electron chi connectivity index (χ0n) is 49.5. The van der Waals surface area contributed by atoms with Gasteiger partial charge in [0.1, 0.15) is 34.4 Å². The standard InChI is InChI=1S/C12H15NOS.C9H14O2.C7H12N2O.C6H11N3O.C6H10N2OS.C5H10N2O2S.C5H12.C3H3NO2/c1-8-13-11-9(14-12(2,3)4)6-5-7-10(11)15-8;1-9(2,3)8-6(10)4-5-7(8)11;1-7(2,3)5-4-6(10)9-8-5;1-6(2,3)4-7-5(10)9-8-4;1-6(2,3)4-7-5(9)10-8-4;1-5(2,3)4-6-9-10(8)7-4;1-5(2,3)4;5-3-1-2-4-6-3/h5-7H,1-4H3;10H,4-5H2,1-3H3;4H,1-3H3,(H2,8,9,10);1-3H3,(H2,7,8,9,10);1-3H3,(H,7,8,9);1-3H3,(H,6,7);1-4H3;1-2,4H. The molecular formula is C53H87N11O10S3. The van der Waals surface area contributed by atoms with Crippen molar-refractivity contribution in [2.45, 2.75) is 194 Å². The second kappa shape index (κ2) is 28.6. The predicted octanol–water partition coefficient (Wildman–Crippen LogP) is 11.1. The van der Waals surface area contributed by atoms with Gasteiger partial charge < -0.3 is 19.5 Å². The molecule has 1 aliphatic carbocycles. The molecule has 1 atom stereocenters. The van der Waals surface area contributed by atoms with Gasteiger partial charge in [-0.1, -0.05) is 138 Å². The molecule has 0 saturated heterocycles. The topological polar surface area (TPSA) is 312 Å². The lowest BCUT2D eigenvalue weighted by molar-refractivity contribution is -0.115. The van der Waals surface area contributed by atoms with Crippen LogP contribution in [-0.2, 0) is 36.6 Å². The van der Waals surface area contributed by atoms with E-state index in [1.165, 1.54) is 17.0 Å². The third-order valence-corrected chi connectivity index (χ3v) is 11.1. The maximum absolute atomic E-state index is 11.2. The minimum absolute atomic E-state index is 0.0269. The molecule has 2 aliphatic rings. The number of carbonyl (C=O) groups is 1. The highest BCUT2D eigenvalue weighted by molar-refractivity contribution is 7.79. The Hall–Kier alpha value is -5.98. The number of ketones is 1. The largest absolute Gasteiger partial charge is 0.512 e. The molecule has 0 bridgehead atoms. The van der Waals surface area contributed by atoms with Crippen LogP contribution in [0, 0.1) is 23.2 Å². The second-order valence-electron chi connectivity index (χ2n) is 25.4. The highest BCUT2D eigenvalue weighted by atomic mass is 32.2. The summed E-state index contributed by atoms with van der Waals surface area (Å²) in [4.78, 5) is 62.6. The number of hydroxylamine groups is 1. The average molecular weight is 1130 g/mol. The van der Waals surface area contributed by atoms with Crippen LogP contribution in [0.25, 0.3) is 10.2 Å². The molecule has 21 nitrogen and oxygen atoms in total. The van der Waals surface area contributed by atoms with Gasteiger partial charge in [0.05, 0.1) is 15.5 Å². The molecule has 432 valence electrons. The SMILES string of the molecule is CC(C)(C)C.CC(C)(C)C1=C(O)CCC1=O.CC(C)(C)C1=NS(=O)ON1.CC(C)(C)c1cc(=O)[nH][nH]1.CC(C)(C)c1n[nH]c(=O)[nH]1.CC(C)(C)c1nsc(=O)[nH]1.Cc1nc2c(OC(C)(C)C)cccc2s1.O=c1cc[nH]o1. The number of para-hydroxylation sites is 1. The molecular weight excluding hydrogens is 1050 g/mol. The lowest BCUT2D eigenvalue weighted by Gasteiger charge is -2.21. The van der Waals surface area contributed by atoms with Crippen molar-refractivity contribution in [1.29, 1.82) is 0 Å². The third kappa shape index (κ3) is 28.3. The quantitative estimate of drug-likeness (QED) is 0.0759. The van der Waals surface area contributed by atoms with Crippen LogP contribution in [0.4, 0.5) is 0 Å². The van der Waals surface area contributed by atoms with Crippen molar-refractivity contribution in [3.63, 3.8) is 0 Å². The number of fused-ring (bicyclic) bond motifs is 1. The number of hydrogen-bond acceptors (Lipinski definition) is 16. The highest BCUT2D eigenvalue weighted by Gasteiger charge is 2.32. The Balaban J connectivity index is 0.000000447. The number of benzene rings is 1. The molecule has 0 fully saturated rings. The summed E-state index contributed by atoms with van der Waals surface area (Å²) >= 11 is 1.15. The first-order chi connectivity index (χ1) is 34.8. The summed E-state index contributed by atoms with van der Waals surface area (Å²) in [7, 11) is 0. The van der Waals surface area contributed by atoms with Gasteiger partial charge >= 0.3 is 27.5 Å². The van der Waals surface area contributed by atoms with Gasteiger partial charge in [0, 0.05) is 75.6 Å². The number of H-pyrrole nitrogens is 6. The summed E-state index contributed by atoms with van der Waals surface area (Å²) in [6.07, 6.45) is 2.45. The zero-order chi connectivity index (χ0) is 59.7. The number of Topliss-reactive ketones (excluding diaryl/α,β-unsaturated/α-hetero) is 1. The van der Waals surface area contributed by atoms with Crippen LogP contribution in [0.5, 0.6) is 5.75 Å². The van der Waals surface area contributed by atoms with E-state index in [0.29, 0.717) is 41.2 Å².